The lowest BCUT2D eigenvalue weighted by Gasteiger charge is -2.52. The van der Waals surface area contributed by atoms with Gasteiger partial charge in [0.2, 0.25) is 15.9 Å². The molecule has 1 spiro atoms. The van der Waals surface area contributed by atoms with Crippen LogP contribution in [0.25, 0.3) is 0 Å². The van der Waals surface area contributed by atoms with Crippen LogP contribution in [-0.4, -0.2) is 44.6 Å². The predicted molar refractivity (Wildman–Crippen MR) is 87.3 cm³/mol. The third-order valence-corrected chi connectivity index (χ3v) is 6.46. The number of nitrogens with one attached hydrogen (secondary N) is 1. The van der Waals surface area contributed by atoms with E-state index in [4.69, 9.17) is 0 Å². The molecule has 0 radical (unpaired) electrons. The number of sulfonamides is 1. The van der Waals surface area contributed by atoms with E-state index in [1.54, 1.807) is 11.3 Å². The summed E-state index contributed by atoms with van der Waals surface area (Å²) in [5.74, 6) is 0.211. The van der Waals surface area contributed by atoms with Crippen molar-refractivity contribution in [3.05, 3.63) is 22.4 Å². The number of piperidine rings is 1. The zero-order valence-corrected chi connectivity index (χ0v) is 14.4. The molecule has 22 heavy (non-hydrogen) atoms. The molecule has 1 aromatic heterocycles. The molecule has 122 valence electrons. The highest BCUT2D eigenvalue weighted by Crippen LogP contribution is 2.49. The highest BCUT2D eigenvalue weighted by atomic mass is 32.2. The predicted octanol–water partition coefficient (Wildman–Crippen LogP) is 1.61. The van der Waals surface area contributed by atoms with Crippen molar-refractivity contribution in [1.82, 2.24) is 9.62 Å². The molecule has 1 aliphatic heterocycles. The van der Waals surface area contributed by atoms with Crippen molar-refractivity contribution in [3.63, 3.8) is 0 Å². The lowest BCUT2D eigenvalue weighted by atomic mass is 9.60. The van der Waals surface area contributed by atoms with E-state index in [9.17, 15) is 13.2 Å². The molecule has 1 aromatic rings. The fourth-order valence-electron chi connectivity index (χ4n) is 3.68. The zero-order chi connectivity index (χ0) is 15.8. The molecule has 2 fully saturated rings. The maximum atomic E-state index is 12.3. The van der Waals surface area contributed by atoms with Gasteiger partial charge in [-0.25, -0.2) is 13.1 Å². The van der Waals surface area contributed by atoms with E-state index < -0.39 is 10.0 Å². The minimum atomic E-state index is -3.11. The van der Waals surface area contributed by atoms with Crippen LogP contribution in [0.15, 0.2) is 17.5 Å². The Labute approximate surface area is 135 Å². The standard InChI is InChI=1S/C15H22N2O3S2/c1-22(19,20)16-12-10-15(11-12)4-6-17(7-5-15)14(18)9-13-3-2-8-21-13/h2-3,8,12,16H,4-7,9-11H2,1H3. The number of rotatable bonds is 4. The summed E-state index contributed by atoms with van der Waals surface area (Å²) in [6.07, 6.45) is 5.52. The SMILES string of the molecule is CS(=O)(=O)NC1CC2(CCN(C(=O)Cc3cccs3)CC2)C1. The third-order valence-electron chi connectivity index (χ3n) is 4.82. The molecule has 1 saturated heterocycles. The summed E-state index contributed by atoms with van der Waals surface area (Å²) in [7, 11) is -3.11. The van der Waals surface area contributed by atoms with E-state index in [0.29, 0.717) is 6.42 Å². The molecule has 0 unspecified atom stereocenters. The van der Waals surface area contributed by atoms with Crippen molar-refractivity contribution in [2.24, 2.45) is 5.41 Å². The van der Waals surface area contributed by atoms with Gasteiger partial charge in [-0.15, -0.1) is 11.3 Å². The number of hydrogen-bond acceptors (Lipinski definition) is 4. The van der Waals surface area contributed by atoms with Crippen LogP contribution >= 0.6 is 11.3 Å². The van der Waals surface area contributed by atoms with Crippen molar-refractivity contribution in [2.45, 2.75) is 38.1 Å². The van der Waals surface area contributed by atoms with Gasteiger partial charge in [-0.2, -0.15) is 0 Å². The Bertz CT molecular complexity index is 624. The van der Waals surface area contributed by atoms with Gasteiger partial charge in [-0.05, 0) is 42.5 Å². The molecule has 0 bridgehead atoms. The van der Waals surface area contributed by atoms with Crippen LogP contribution in [0.1, 0.15) is 30.6 Å². The van der Waals surface area contributed by atoms with Crippen molar-refractivity contribution in [1.29, 1.82) is 0 Å². The van der Waals surface area contributed by atoms with Gasteiger partial charge in [0.1, 0.15) is 0 Å². The molecule has 2 aliphatic rings. The monoisotopic (exact) mass is 342 g/mol. The van der Waals surface area contributed by atoms with E-state index in [1.807, 2.05) is 22.4 Å². The van der Waals surface area contributed by atoms with E-state index in [-0.39, 0.29) is 17.4 Å². The maximum Gasteiger partial charge on any atom is 0.227 e. The van der Waals surface area contributed by atoms with Crippen LogP contribution in [0, 0.1) is 5.41 Å². The number of carbonyl (C=O) groups excluding carboxylic acids is 1. The number of carbonyl (C=O) groups is 1. The molecule has 5 nitrogen and oxygen atoms in total. The number of nitrogens with zero attached hydrogens (tertiary/aromatic N) is 1. The van der Waals surface area contributed by atoms with Crippen LogP contribution in [0.2, 0.25) is 0 Å². The molecule has 1 amide bonds. The Morgan fingerprint density at radius 1 is 1.41 bits per heavy atom. The average Bonchev–Trinajstić information content (AvgIpc) is 2.89. The quantitative estimate of drug-likeness (QED) is 0.904. The summed E-state index contributed by atoms with van der Waals surface area (Å²) >= 11 is 1.62. The number of thiophene rings is 1. The van der Waals surface area contributed by atoms with Crippen molar-refractivity contribution in [3.8, 4) is 0 Å². The van der Waals surface area contributed by atoms with Gasteiger partial charge >= 0.3 is 0 Å². The molecule has 3 rings (SSSR count). The molecule has 1 N–H and O–H groups in total. The lowest BCUT2D eigenvalue weighted by molar-refractivity contribution is -0.134. The fraction of sp³-hybridized carbons (Fsp3) is 0.667. The fourth-order valence-corrected chi connectivity index (χ4v) is 5.15. The summed E-state index contributed by atoms with van der Waals surface area (Å²) < 4.78 is 25.2. The van der Waals surface area contributed by atoms with E-state index >= 15 is 0 Å². The second kappa shape index (κ2) is 5.94. The molecule has 1 saturated carbocycles. The summed E-state index contributed by atoms with van der Waals surface area (Å²) in [6, 6.07) is 4.06. The highest BCUT2D eigenvalue weighted by Gasteiger charge is 2.46. The topological polar surface area (TPSA) is 66.5 Å². The first-order chi connectivity index (χ1) is 10.4. The Kier molecular flexibility index (Phi) is 4.31. The van der Waals surface area contributed by atoms with Crippen molar-refractivity contribution >= 4 is 27.3 Å². The minimum Gasteiger partial charge on any atom is -0.342 e. The van der Waals surface area contributed by atoms with Crippen LogP contribution in [-0.2, 0) is 21.2 Å². The molecular weight excluding hydrogens is 320 g/mol. The Morgan fingerprint density at radius 3 is 2.64 bits per heavy atom. The van der Waals surface area contributed by atoms with Crippen LogP contribution in [0.4, 0.5) is 0 Å². The van der Waals surface area contributed by atoms with Crippen molar-refractivity contribution < 1.29 is 13.2 Å². The smallest absolute Gasteiger partial charge is 0.227 e. The molecule has 7 heteroatoms. The van der Waals surface area contributed by atoms with Gasteiger partial charge in [0.05, 0.1) is 12.7 Å². The maximum absolute atomic E-state index is 12.3. The minimum absolute atomic E-state index is 0.0865. The number of likely N-dealkylation sites (tertiary alicyclic amines) is 1. The van der Waals surface area contributed by atoms with E-state index in [2.05, 4.69) is 4.72 Å². The molecule has 0 atom stereocenters. The second-order valence-corrected chi connectivity index (χ2v) is 9.44. The van der Waals surface area contributed by atoms with E-state index in [1.165, 1.54) is 6.26 Å². The van der Waals surface area contributed by atoms with Gasteiger partial charge < -0.3 is 4.90 Å². The normalized spacial score (nSPS) is 21.8. The first kappa shape index (κ1) is 16.0. The summed E-state index contributed by atoms with van der Waals surface area (Å²) in [5.41, 5.74) is 0.252. The second-order valence-electron chi connectivity index (χ2n) is 6.63. The van der Waals surface area contributed by atoms with Crippen LogP contribution < -0.4 is 4.72 Å². The summed E-state index contributed by atoms with van der Waals surface area (Å²) in [5, 5.41) is 2.00. The van der Waals surface area contributed by atoms with Crippen LogP contribution in [0.5, 0.6) is 0 Å². The van der Waals surface area contributed by atoms with Gasteiger partial charge in [-0.3, -0.25) is 4.79 Å². The van der Waals surface area contributed by atoms with Gasteiger partial charge in [0.15, 0.2) is 0 Å². The number of hydrogen-bond donors (Lipinski definition) is 1. The summed E-state index contributed by atoms with van der Waals surface area (Å²) in [6.45, 7) is 1.60. The molecular formula is C15H22N2O3S2. The largest absolute Gasteiger partial charge is 0.342 e. The van der Waals surface area contributed by atoms with E-state index in [0.717, 1.165) is 43.6 Å². The zero-order valence-electron chi connectivity index (χ0n) is 12.7. The lowest BCUT2D eigenvalue weighted by Crippen LogP contribution is -2.55. The summed E-state index contributed by atoms with van der Waals surface area (Å²) in [4.78, 5) is 15.4. The Morgan fingerprint density at radius 2 is 2.09 bits per heavy atom. The first-order valence-corrected chi connectivity index (χ1v) is 10.4. The van der Waals surface area contributed by atoms with Crippen molar-refractivity contribution in [2.75, 3.05) is 19.3 Å². The van der Waals surface area contributed by atoms with Crippen LogP contribution in [0.3, 0.4) is 0 Å². The van der Waals surface area contributed by atoms with Gasteiger partial charge in [0.25, 0.3) is 0 Å². The Hall–Kier alpha value is -0.920. The molecule has 0 aromatic carbocycles. The van der Waals surface area contributed by atoms with Gasteiger partial charge in [-0.1, -0.05) is 6.07 Å². The first-order valence-electron chi connectivity index (χ1n) is 7.63. The molecule has 2 heterocycles. The van der Waals surface area contributed by atoms with Gasteiger partial charge in [0, 0.05) is 24.0 Å². The Balaban J connectivity index is 1.46. The third kappa shape index (κ3) is 3.70. The highest BCUT2D eigenvalue weighted by molar-refractivity contribution is 7.88. The number of amides is 1. The molecule has 1 aliphatic carbocycles. The average molecular weight is 342 g/mol.